The lowest BCUT2D eigenvalue weighted by molar-refractivity contribution is 0.414. The van der Waals surface area contributed by atoms with Crippen molar-refractivity contribution >= 4 is 11.8 Å². The van der Waals surface area contributed by atoms with E-state index < -0.39 is 0 Å². The highest BCUT2D eigenvalue weighted by molar-refractivity contribution is 7.99. The molecule has 0 bridgehead atoms. The second-order valence-corrected chi connectivity index (χ2v) is 5.33. The lowest BCUT2D eigenvalue weighted by Gasteiger charge is -2.16. The number of hydrogen-bond donors (Lipinski definition) is 1. The predicted molar refractivity (Wildman–Crippen MR) is 82.0 cm³/mol. The number of methoxy groups -OCH3 is 1. The van der Waals surface area contributed by atoms with Crippen LogP contribution < -0.4 is 10.1 Å². The predicted octanol–water partition coefficient (Wildman–Crippen LogP) is 3.75. The fraction of sp³-hybridized carbons (Fsp3) is 0.250. The van der Waals surface area contributed by atoms with Crippen molar-refractivity contribution in [3.63, 3.8) is 0 Å². The molecule has 0 aliphatic heterocycles. The molecule has 3 heteroatoms. The van der Waals surface area contributed by atoms with Crippen LogP contribution in [0.1, 0.15) is 11.6 Å². The van der Waals surface area contributed by atoms with E-state index in [2.05, 4.69) is 41.7 Å². The lowest BCUT2D eigenvalue weighted by Crippen LogP contribution is -2.18. The summed E-state index contributed by atoms with van der Waals surface area (Å²) >= 11 is 1.86. The number of ether oxygens (including phenoxy) is 1. The van der Waals surface area contributed by atoms with Crippen molar-refractivity contribution in [2.24, 2.45) is 0 Å². The van der Waals surface area contributed by atoms with E-state index in [1.54, 1.807) is 7.11 Å². The molecule has 1 atom stereocenters. The number of thioether (sulfide) groups is 1. The molecule has 0 spiro atoms. The van der Waals surface area contributed by atoms with Crippen LogP contribution in [-0.2, 0) is 0 Å². The summed E-state index contributed by atoms with van der Waals surface area (Å²) < 4.78 is 5.19. The molecule has 1 N–H and O–H groups in total. The number of hydrogen-bond acceptors (Lipinski definition) is 3. The van der Waals surface area contributed by atoms with Crippen molar-refractivity contribution < 1.29 is 4.74 Å². The van der Waals surface area contributed by atoms with Crippen LogP contribution in [0, 0.1) is 0 Å². The Kier molecular flexibility index (Phi) is 5.31. The summed E-state index contributed by atoms with van der Waals surface area (Å²) in [6.45, 7) is 0. The average molecular weight is 273 g/mol. The quantitative estimate of drug-likeness (QED) is 0.810. The molecule has 2 rings (SSSR count). The van der Waals surface area contributed by atoms with Crippen molar-refractivity contribution in [3.8, 4) is 5.75 Å². The summed E-state index contributed by atoms with van der Waals surface area (Å²) in [4.78, 5) is 1.30. The fourth-order valence-corrected chi connectivity index (χ4v) is 2.95. The van der Waals surface area contributed by atoms with Crippen molar-refractivity contribution in [3.05, 3.63) is 60.2 Å². The molecule has 0 radical (unpaired) electrons. The smallest absolute Gasteiger partial charge is 0.118 e. The van der Waals surface area contributed by atoms with E-state index >= 15 is 0 Å². The van der Waals surface area contributed by atoms with Gasteiger partial charge in [0.25, 0.3) is 0 Å². The highest BCUT2D eigenvalue weighted by atomic mass is 32.2. The first kappa shape index (κ1) is 14.0. The molecule has 2 nitrogen and oxygen atoms in total. The molecule has 0 saturated carbocycles. The fourth-order valence-electron chi connectivity index (χ4n) is 1.88. The van der Waals surface area contributed by atoms with E-state index in [1.165, 1.54) is 10.5 Å². The van der Waals surface area contributed by atoms with Gasteiger partial charge in [0.1, 0.15) is 5.75 Å². The van der Waals surface area contributed by atoms with Gasteiger partial charge in [-0.05, 0) is 36.9 Å². The first-order valence-electron chi connectivity index (χ1n) is 6.32. The van der Waals surface area contributed by atoms with Crippen LogP contribution in [0.2, 0.25) is 0 Å². The third kappa shape index (κ3) is 4.01. The van der Waals surface area contributed by atoms with Gasteiger partial charge in [0.05, 0.1) is 7.11 Å². The van der Waals surface area contributed by atoms with Gasteiger partial charge in [0.2, 0.25) is 0 Å². The molecule has 0 saturated heterocycles. The van der Waals surface area contributed by atoms with Gasteiger partial charge in [-0.2, -0.15) is 0 Å². The monoisotopic (exact) mass is 273 g/mol. The van der Waals surface area contributed by atoms with E-state index in [0.717, 1.165) is 11.5 Å². The Morgan fingerprint density at radius 2 is 1.74 bits per heavy atom. The molecule has 2 aromatic carbocycles. The molecule has 100 valence electrons. The van der Waals surface area contributed by atoms with Crippen LogP contribution in [0.5, 0.6) is 5.75 Å². The Labute approximate surface area is 119 Å². The molecule has 0 amide bonds. The highest BCUT2D eigenvalue weighted by Gasteiger charge is 2.09. The molecule has 0 aromatic heterocycles. The Hall–Kier alpha value is -1.45. The van der Waals surface area contributed by atoms with E-state index in [9.17, 15) is 0 Å². The highest BCUT2D eigenvalue weighted by Crippen LogP contribution is 2.25. The molecular formula is C16H19NOS. The Morgan fingerprint density at radius 1 is 1.05 bits per heavy atom. The molecule has 0 aliphatic carbocycles. The van der Waals surface area contributed by atoms with Gasteiger partial charge in [-0.25, -0.2) is 0 Å². The largest absolute Gasteiger partial charge is 0.497 e. The van der Waals surface area contributed by atoms with E-state index in [1.807, 2.05) is 37.0 Å². The number of nitrogens with one attached hydrogen (secondary N) is 1. The summed E-state index contributed by atoms with van der Waals surface area (Å²) in [5.41, 5.74) is 1.28. The second kappa shape index (κ2) is 7.22. The van der Waals surface area contributed by atoms with Crippen LogP contribution in [0.15, 0.2) is 59.5 Å². The van der Waals surface area contributed by atoms with Crippen LogP contribution in [0.3, 0.4) is 0 Å². The number of benzene rings is 2. The van der Waals surface area contributed by atoms with Crippen LogP contribution >= 0.6 is 11.8 Å². The van der Waals surface area contributed by atoms with Crippen LogP contribution in [0.25, 0.3) is 0 Å². The topological polar surface area (TPSA) is 21.3 Å². The van der Waals surface area contributed by atoms with Crippen LogP contribution in [0.4, 0.5) is 0 Å². The molecular weight excluding hydrogens is 254 g/mol. The second-order valence-electron chi connectivity index (χ2n) is 4.24. The Bertz CT molecular complexity index is 484. The normalized spacial score (nSPS) is 12.1. The van der Waals surface area contributed by atoms with Crippen molar-refractivity contribution in [2.75, 3.05) is 19.9 Å². The standard InChI is InChI=1S/C16H19NOS/c1-17-16(12-19-15-6-4-3-5-7-15)13-8-10-14(18-2)11-9-13/h3-11,16-17H,12H2,1-2H3. The van der Waals surface area contributed by atoms with Gasteiger partial charge < -0.3 is 10.1 Å². The molecule has 2 aromatic rings. The summed E-state index contributed by atoms with van der Waals surface area (Å²) in [7, 11) is 3.69. The third-order valence-electron chi connectivity index (χ3n) is 3.03. The zero-order valence-electron chi connectivity index (χ0n) is 11.3. The van der Waals surface area contributed by atoms with Gasteiger partial charge in [-0.3, -0.25) is 0 Å². The van der Waals surface area contributed by atoms with Gasteiger partial charge in [-0.15, -0.1) is 11.8 Å². The van der Waals surface area contributed by atoms with E-state index in [4.69, 9.17) is 4.74 Å². The summed E-state index contributed by atoms with van der Waals surface area (Å²) in [5, 5.41) is 3.36. The SMILES string of the molecule is CNC(CSc1ccccc1)c1ccc(OC)cc1. The Balaban J connectivity index is 1.99. The first-order valence-corrected chi connectivity index (χ1v) is 7.31. The minimum atomic E-state index is 0.344. The zero-order chi connectivity index (χ0) is 13.5. The lowest BCUT2D eigenvalue weighted by atomic mass is 10.1. The minimum absolute atomic E-state index is 0.344. The van der Waals surface area contributed by atoms with Crippen molar-refractivity contribution in [1.82, 2.24) is 5.32 Å². The van der Waals surface area contributed by atoms with Gasteiger partial charge in [-0.1, -0.05) is 30.3 Å². The van der Waals surface area contributed by atoms with Gasteiger partial charge in [0.15, 0.2) is 0 Å². The maximum atomic E-state index is 5.19. The molecule has 0 heterocycles. The van der Waals surface area contributed by atoms with E-state index in [0.29, 0.717) is 6.04 Å². The Morgan fingerprint density at radius 3 is 2.32 bits per heavy atom. The maximum absolute atomic E-state index is 5.19. The van der Waals surface area contributed by atoms with Gasteiger partial charge in [0, 0.05) is 16.7 Å². The van der Waals surface area contributed by atoms with Crippen LogP contribution in [-0.4, -0.2) is 19.9 Å². The molecule has 0 fully saturated rings. The molecule has 0 aliphatic rings. The maximum Gasteiger partial charge on any atom is 0.118 e. The summed E-state index contributed by atoms with van der Waals surface area (Å²) in [6, 6.07) is 19.1. The van der Waals surface area contributed by atoms with Crippen molar-refractivity contribution in [2.45, 2.75) is 10.9 Å². The van der Waals surface area contributed by atoms with Crippen molar-refractivity contribution in [1.29, 1.82) is 0 Å². The van der Waals surface area contributed by atoms with Gasteiger partial charge >= 0.3 is 0 Å². The summed E-state index contributed by atoms with van der Waals surface area (Å²) in [6.07, 6.45) is 0. The summed E-state index contributed by atoms with van der Waals surface area (Å²) in [5.74, 6) is 1.90. The third-order valence-corrected chi connectivity index (χ3v) is 4.13. The number of rotatable bonds is 6. The van der Waals surface area contributed by atoms with E-state index in [-0.39, 0.29) is 0 Å². The molecule has 1 unspecified atom stereocenters. The molecule has 19 heavy (non-hydrogen) atoms. The zero-order valence-corrected chi connectivity index (χ0v) is 12.1. The first-order chi connectivity index (χ1) is 9.33. The minimum Gasteiger partial charge on any atom is -0.497 e. The average Bonchev–Trinajstić information content (AvgIpc) is 2.49.